The quantitative estimate of drug-likeness (QED) is 0.824. The minimum Gasteiger partial charge on any atom is -0.345 e. The number of nitrogens with one attached hydrogen (secondary N) is 1. The first kappa shape index (κ1) is 18.6. The van der Waals surface area contributed by atoms with Crippen molar-refractivity contribution in [1.82, 2.24) is 19.8 Å². The zero-order valence-corrected chi connectivity index (χ0v) is 16.0. The third-order valence-corrected chi connectivity index (χ3v) is 6.01. The van der Waals surface area contributed by atoms with E-state index in [1.165, 1.54) is 15.8 Å². The van der Waals surface area contributed by atoms with Crippen molar-refractivity contribution in [2.75, 3.05) is 19.6 Å². The van der Waals surface area contributed by atoms with Crippen LogP contribution in [-0.4, -0.2) is 45.9 Å². The summed E-state index contributed by atoms with van der Waals surface area (Å²) in [6, 6.07) is 0. The van der Waals surface area contributed by atoms with Crippen molar-refractivity contribution in [3.63, 3.8) is 0 Å². The summed E-state index contributed by atoms with van der Waals surface area (Å²) in [6.07, 6.45) is 5.57. The van der Waals surface area contributed by atoms with E-state index < -0.39 is 0 Å². The van der Waals surface area contributed by atoms with Gasteiger partial charge in [-0.2, -0.15) is 0 Å². The molecule has 8 heteroatoms. The van der Waals surface area contributed by atoms with Crippen molar-refractivity contribution < 1.29 is 9.59 Å². The molecule has 140 valence electrons. The number of hydrogen-bond acceptors (Lipinski definition) is 5. The third kappa shape index (κ3) is 3.65. The van der Waals surface area contributed by atoms with Crippen LogP contribution in [0.2, 0.25) is 0 Å². The lowest BCUT2D eigenvalue weighted by Gasteiger charge is -2.18. The van der Waals surface area contributed by atoms with Crippen molar-refractivity contribution in [3.05, 3.63) is 27.1 Å². The van der Waals surface area contributed by atoms with Gasteiger partial charge in [-0.25, -0.2) is 4.98 Å². The Morgan fingerprint density at radius 2 is 2.00 bits per heavy atom. The van der Waals surface area contributed by atoms with Crippen molar-refractivity contribution in [3.8, 4) is 0 Å². The van der Waals surface area contributed by atoms with Crippen LogP contribution in [0.4, 0.5) is 0 Å². The van der Waals surface area contributed by atoms with E-state index in [-0.39, 0.29) is 30.5 Å². The first-order valence-corrected chi connectivity index (χ1v) is 9.90. The van der Waals surface area contributed by atoms with Gasteiger partial charge in [0, 0.05) is 18.0 Å². The Kier molecular flexibility index (Phi) is 5.70. The minimum absolute atomic E-state index is 0.0568. The molecule has 26 heavy (non-hydrogen) atoms. The number of amides is 2. The molecule has 0 unspecified atom stereocenters. The molecule has 0 radical (unpaired) electrons. The van der Waals surface area contributed by atoms with Gasteiger partial charge in [0.05, 0.1) is 18.3 Å². The number of nitrogens with zero attached hydrogens (tertiary/aromatic N) is 3. The summed E-state index contributed by atoms with van der Waals surface area (Å²) >= 11 is 1.59. The average molecular weight is 376 g/mol. The zero-order valence-electron chi connectivity index (χ0n) is 15.2. The smallest absolute Gasteiger partial charge is 0.262 e. The van der Waals surface area contributed by atoms with E-state index in [2.05, 4.69) is 10.3 Å². The van der Waals surface area contributed by atoms with E-state index >= 15 is 0 Å². The molecule has 0 spiro atoms. The highest BCUT2D eigenvalue weighted by atomic mass is 32.1. The molecule has 0 saturated heterocycles. The number of rotatable bonds is 6. The molecule has 0 aromatic carbocycles. The van der Waals surface area contributed by atoms with Gasteiger partial charge in [0.2, 0.25) is 11.8 Å². The second-order valence-electron chi connectivity index (χ2n) is 6.41. The lowest BCUT2D eigenvalue weighted by atomic mass is 9.97. The molecule has 3 rings (SSSR count). The van der Waals surface area contributed by atoms with E-state index in [4.69, 9.17) is 0 Å². The van der Waals surface area contributed by atoms with E-state index in [0.29, 0.717) is 18.5 Å². The summed E-state index contributed by atoms with van der Waals surface area (Å²) in [4.78, 5) is 45.0. The highest BCUT2D eigenvalue weighted by molar-refractivity contribution is 7.18. The van der Waals surface area contributed by atoms with Gasteiger partial charge in [0.15, 0.2) is 0 Å². The summed E-state index contributed by atoms with van der Waals surface area (Å²) in [6.45, 7) is 4.82. The van der Waals surface area contributed by atoms with E-state index in [9.17, 15) is 14.4 Å². The molecule has 2 aromatic rings. The lowest BCUT2D eigenvalue weighted by molar-refractivity contribution is -0.132. The topological polar surface area (TPSA) is 84.3 Å². The Hall–Kier alpha value is -2.22. The summed E-state index contributed by atoms with van der Waals surface area (Å²) in [5, 5.41) is 3.26. The van der Waals surface area contributed by atoms with Crippen LogP contribution in [0.15, 0.2) is 11.1 Å². The molecule has 0 saturated carbocycles. The zero-order chi connectivity index (χ0) is 18.7. The fourth-order valence-corrected chi connectivity index (χ4v) is 4.59. The van der Waals surface area contributed by atoms with Crippen molar-refractivity contribution in [2.45, 2.75) is 46.1 Å². The van der Waals surface area contributed by atoms with Crippen LogP contribution in [0.5, 0.6) is 0 Å². The van der Waals surface area contributed by atoms with Gasteiger partial charge >= 0.3 is 0 Å². The monoisotopic (exact) mass is 376 g/mol. The number of fused-ring (bicyclic) bond motifs is 3. The maximum atomic E-state index is 12.8. The highest BCUT2D eigenvalue weighted by Crippen LogP contribution is 2.33. The number of carbonyl (C=O) groups is 2. The van der Waals surface area contributed by atoms with Gasteiger partial charge in [0.25, 0.3) is 5.56 Å². The first-order valence-electron chi connectivity index (χ1n) is 9.09. The Labute approximate surface area is 156 Å². The lowest BCUT2D eigenvalue weighted by Crippen LogP contribution is -2.41. The Balaban J connectivity index is 1.73. The van der Waals surface area contributed by atoms with Gasteiger partial charge in [-0.15, -0.1) is 11.3 Å². The molecule has 7 nitrogen and oxygen atoms in total. The second kappa shape index (κ2) is 7.99. The van der Waals surface area contributed by atoms with Crippen LogP contribution < -0.4 is 10.9 Å². The molecule has 2 heterocycles. The minimum atomic E-state index is -0.363. The summed E-state index contributed by atoms with van der Waals surface area (Å²) < 4.78 is 1.33. The van der Waals surface area contributed by atoms with Crippen LogP contribution in [0.25, 0.3) is 10.2 Å². The normalized spacial score (nSPS) is 13.5. The maximum absolute atomic E-state index is 12.8. The van der Waals surface area contributed by atoms with E-state index in [1.807, 2.05) is 13.8 Å². The van der Waals surface area contributed by atoms with Crippen molar-refractivity contribution in [2.24, 2.45) is 0 Å². The Bertz CT molecular complexity index is 882. The summed E-state index contributed by atoms with van der Waals surface area (Å²) in [7, 11) is 0. The molecule has 1 N–H and O–H groups in total. The van der Waals surface area contributed by atoms with Crippen LogP contribution in [-0.2, 0) is 29.0 Å². The number of likely N-dealkylation sites (N-methyl/N-ethyl adjacent to an activating group) is 1. The molecule has 0 aliphatic heterocycles. The maximum Gasteiger partial charge on any atom is 0.262 e. The third-order valence-electron chi connectivity index (χ3n) is 4.81. The molecule has 2 aromatic heterocycles. The highest BCUT2D eigenvalue weighted by Gasteiger charge is 2.20. The molecule has 0 fully saturated rings. The van der Waals surface area contributed by atoms with E-state index in [1.54, 1.807) is 16.2 Å². The van der Waals surface area contributed by atoms with E-state index in [0.717, 1.165) is 36.1 Å². The number of aromatic nitrogens is 2. The SMILES string of the molecule is CCN(CC)C(=O)CNC(=O)Cn1cnc2sc3c(c2c1=O)CCCC3. The van der Waals surface area contributed by atoms with Crippen LogP contribution in [0.1, 0.15) is 37.1 Å². The largest absolute Gasteiger partial charge is 0.345 e. The van der Waals surface area contributed by atoms with Gasteiger partial charge < -0.3 is 10.2 Å². The molecule has 0 bridgehead atoms. The second-order valence-corrected chi connectivity index (χ2v) is 7.50. The Morgan fingerprint density at radius 3 is 2.73 bits per heavy atom. The number of carbonyl (C=O) groups excluding carboxylic acids is 2. The van der Waals surface area contributed by atoms with Crippen LogP contribution in [0, 0.1) is 0 Å². The van der Waals surface area contributed by atoms with Gasteiger partial charge in [-0.3, -0.25) is 19.0 Å². The average Bonchev–Trinajstić information content (AvgIpc) is 3.02. The first-order chi connectivity index (χ1) is 12.5. The summed E-state index contributed by atoms with van der Waals surface area (Å²) in [5.74, 6) is -0.492. The standard InChI is InChI=1S/C18H24N4O3S/c1-3-21(4-2)15(24)9-19-14(23)10-22-11-20-17-16(18(22)25)12-7-5-6-8-13(12)26-17/h11H,3-10H2,1-2H3,(H,19,23). The Morgan fingerprint density at radius 1 is 1.27 bits per heavy atom. The molecular weight excluding hydrogens is 352 g/mol. The predicted molar refractivity (Wildman–Crippen MR) is 101 cm³/mol. The molecular formula is C18H24N4O3S. The van der Waals surface area contributed by atoms with Crippen molar-refractivity contribution in [1.29, 1.82) is 0 Å². The summed E-state index contributed by atoms with van der Waals surface area (Å²) in [5.41, 5.74) is 0.944. The van der Waals surface area contributed by atoms with Crippen LogP contribution in [0.3, 0.4) is 0 Å². The fourth-order valence-electron chi connectivity index (χ4n) is 3.37. The molecule has 0 atom stereocenters. The fraction of sp³-hybridized carbons (Fsp3) is 0.556. The molecule has 2 amide bonds. The number of aryl methyl sites for hydroxylation is 2. The van der Waals surface area contributed by atoms with Gasteiger partial charge in [-0.05, 0) is 45.1 Å². The molecule has 1 aliphatic rings. The number of hydrogen-bond donors (Lipinski definition) is 1. The van der Waals surface area contributed by atoms with Crippen LogP contribution >= 0.6 is 11.3 Å². The van der Waals surface area contributed by atoms with Gasteiger partial charge in [-0.1, -0.05) is 0 Å². The predicted octanol–water partition coefficient (Wildman–Crippen LogP) is 1.32. The van der Waals surface area contributed by atoms with Crippen molar-refractivity contribution >= 4 is 33.4 Å². The molecule has 1 aliphatic carbocycles. The number of thiophene rings is 1. The van der Waals surface area contributed by atoms with Gasteiger partial charge in [0.1, 0.15) is 11.4 Å².